The molecule has 0 aromatic heterocycles. The molecule has 0 saturated carbocycles. The zero-order valence-corrected chi connectivity index (χ0v) is 11.6. The smallest absolute Gasteiger partial charge is 0.309 e. The van der Waals surface area contributed by atoms with E-state index in [0.717, 1.165) is 0 Å². The lowest BCUT2D eigenvalue weighted by molar-refractivity contribution is -0.147. The van der Waals surface area contributed by atoms with Gasteiger partial charge in [-0.25, -0.2) is 8.42 Å². The number of carboxylic acids is 1. The zero-order valence-electron chi connectivity index (χ0n) is 10.8. The van der Waals surface area contributed by atoms with Crippen LogP contribution in [0.1, 0.15) is 25.8 Å². The Morgan fingerprint density at radius 1 is 1.42 bits per heavy atom. The van der Waals surface area contributed by atoms with Gasteiger partial charge in [0.15, 0.2) is 9.84 Å². The fourth-order valence-corrected chi connectivity index (χ4v) is 4.54. The Hall–Kier alpha value is -1.56. The molecule has 1 aromatic carbocycles. The summed E-state index contributed by atoms with van der Waals surface area (Å²) in [5.74, 6) is -0.992. The number of hydrogen-bond acceptors (Lipinski definition) is 4. The summed E-state index contributed by atoms with van der Waals surface area (Å²) in [6, 6.07) is 4.15. The molecule has 2 rings (SSSR count). The predicted molar refractivity (Wildman–Crippen MR) is 68.8 cm³/mol. The lowest BCUT2D eigenvalue weighted by atomic mass is 9.86. The lowest BCUT2D eigenvalue weighted by Crippen LogP contribution is -2.31. The summed E-state index contributed by atoms with van der Waals surface area (Å²) in [6.45, 7) is 3.04. The first-order chi connectivity index (χ1) is 8.64. The number of sulfone groups is 1. The number of aliphatic carboxylic acids is 1. The van der Waals surface area contributed by atoms with Gasteiger partial charge in [-0.3, -0.25) is 4.79 Å². The third kappa shape index (κ3) is 2.32. The van der Waals surface area contributed by atoms with Crippen molar-refractivity contribution in [2.24, 2.45) is 5.41 Å². The minimum atomic E-state index is -3.50. The highest BCUT2D eigenvalue weighted by atomic mass is 32.2. The second-order valence-corrected chi connectivity index (χ2v) is 7.75. The average molecular weight is 284 g/mol. The Labute approximate surface area is 111 Å². The van der Waals surface area contributed by atoms with Crippen LogP contribution in [0.15, 0.2) is 23.1 Å². The predicted octanol–water partition coefficient (Wildman–Crippen LogP) is 1.59. The Morgan fingerprint density at radius 2 is 2.05 bits per heavy atom. The molecular formula is C13H16O5S. The number of phenols is 1. The fourth-order valence-electron chi connectivity index (χ4n) is 2.38. The third-order valence-electron chi connectivity index (χ3n) is 3.55. The molecule has 5 nitrogen and oxygen atoms in total. The standard InChI is InChI=1S/C13H16O5S/c1-13(2,12(15)16)7-10-6-8-5-9(14)3-4-11(8)19(10,17)18/h3-5,10,14H,6-7H2,1-2H3,(H,15,16). The molecule has 0 amide bonds. The van der Waals surface area contributed by atoms with Crippen molar-refractivity contribution in [1.29, 1.82) is 0 Å². The van der Waals surface area contributed by atoms with Gasteiger partial charge in [0.25, 0.3) is 0 Å². The summed E-state index contributed by atoms with van der Waals surface area (Å²) in [4.78, 5) is 11.3. The second-order valence-electron chi connectivity index (χ2n) is 5.56. The molecule has 1 aliphatic heterocycles. The van der Waals surface area contributed by atoms with Gasteiger partial charge in [-0.2, -0.15) is 0 Å². The number of carboxylic acid groups (broad SMARTS) is 1. The van der Waals surface area contributed by atoms with Crippen LogP contribution in [0, 0.1) is 5.41 Å². The van der Waals surface area contributed by atoms with Gasteiger partial charge in [-0.1, -0.05) is 0 Å². The van der Waals surface area contributed by atoms with E-state index in [9.17, 15) is 18.3 Å². The molecular weight excluding hydrogens is 268 g/mol. The molecule has 0 saturated heterocycles. The van der Waals surface area contributed by atoms with Crippen LogP contribution >= 0.6 is 0 Å². The van der Waals surface area contributed by atoms with Crippen LogP contribution < -0.4 is 0 Å². The van der Waals surface area contributed by atoms with E-state index >= 15 is 0 Å². The van der Waals surface area contributed by atoms with Gasteiger partial charge in [0, 0.05) is 0 Å². The summed E-state index contributed by atoms with van der Waals surface area (Å²) in [5.41, 5.74) is -0.534. The number of fused-ring (bicyclic) bond motifs is 1. The number of aromatic hydroxyl groups is 1. The Balaban J connectivity index is 2.36. The zero-order chi connectivity index (χ0) is 14.4. The largest absolute Gasteiger partial charge is 0.508 e. The first-order valence-electron chi connectivity index (χ1n) is 5.94. The van der Waals surface area contributed by atoms with Crippen molar-refractivity contribution < 1.29 is 23.4 Å². The minimum absolute atomic E-state index is 0.0205. The van der Waals surface area contributed by atoms with Crippen LogP contribution in [0.25, 0.3) is 0 Å². The summed E-state index contributed by atoms with van der Waals surface area (Å²) in [5, 5.41) is 17.7. The maximum Gasteiger partial charge on any atom is 0.309 e. The molecule has 2 N–H and O–H groups in total. The van der Waals surface area contributed by atoms with Gasteiger partial charge in [-0.15, -0.1) is 0 Å². The minimum Gasteiger partial charge on any atom is -0.508 e. The lowest BCUT2D eigenvalue weighted by Gasteiger charge is -2.22. The van der Waals surface area contributed by atoms with E-state index in [2.05, 4.69) is 0 Å². The summed E-state index contributed by atoms with van der Waals surface area (Å²) < 4.78 is 24.6. The van der Waals surface area contributed by atoms with Crippen LogP contribution in [0.5, 0.6) is 5.75 Å². The highest BCUT2D eigenvalue weighted by molar-refractivity contribution is 7.92. The van der Waals surface area contributed by atoms with Gasteiger partial charge >= 0.3 is 5.97 Å². The van der Waals surface area contributed by atoms with Gasteiger partial charge < -0.3 is 10.2 Å². The summed E-state index contributed by atoms with van der Waals surface area (Å²) >= 11 is 0. The maximum absolute atomic E-state index is 12.3. The number of carbonyl (C=O) groups is 1. The Morgan fingerprint density at radius 3 is 2.63 bits per heavy atom. The fraction of sp³-hybridized carbons (Fsp3) is 0.462. The number of hydrogen-bond donors (Lipinski definition) is 2. The molecule has 0 bridgehead atoms. The van der Waals surface area contributed by atoms with Gasteiger partial charge in [0.05, 0.1) is 15.6 Å². The number of benzene rings is 1. The quantitative estimate of drug-likeness (QED) is 0.879. The van der Waals surface area contributed by atoms with Crippen LogP contribution in [0.2, 0.25) is 0 Å². The monoisotopic (exact) mass is 284 g/mol. The highest BCUT2D eigenvalue weighted by Gasteiger charge is 2.42. The molecule has 0 radical (unpaired) electrons. The molecule has 1 aromatic rings. The van der Waals surface area contributed by atoms with Crippen molar-refractivity contribution in [3.8, 4) is 5.75 Å². The molecule has 6 heteroatoms. The van der Waals surface area contributed by atoms with E-state index in [4.69, 9.17) is 5.11 Å². The van der Waals surface area contributed by atoms with Crippen molar-refractivity contribution in [1.82, 2.24) is 0 Å². The van der Waals surface area contributed by atoms with Crippen molar-refractivity contribution in [3.63, 3.8) is 0 Å². The van der Waals surface area contributed by atoms with E-state index in [-0.39, 0.29) is 23.5 Å². The van der Waals surface area contributed by atoms with E-state index in [1.54, 1.807) is 0 Å². The van der Waals surface area contributed by atoms with Crippen LogP contribution in [-0.4, -0.2) is 29.9 Å². The van der Waals surface area contributed by atoms with Crippen molar-refractivity contribution in [2.45, 2.75) is 36.8 Å². The molecule has 1 unspecified atom stereocenters. The van der Waals surface area contributed by atoms with Gasteiger partial charge in [-0.05, 0) is 50.5 Å². The first kappa shape index (κ1) is 13.9. The van der Waals surface area contributed by atoms with Gasteiger partial charge in [0.1, 0.15) is 5.75 Å². The molecule has 0 spiro atoms. The van der Waals surface area contributed by atoms with Crippen molar-refractivity contribution in [3.05, 3.63) is 23.8 Å². The normalized spacial score (nSPS) is 21.1. The summed E-state index contributed by atoms with van der Waals surface area (Å²) in [6.07, 6.45) is 0.308. The molecule has 1 heterocycles. The van der Waals surface area contributed by atoms with Crippen molar-refractivity contribution >= 4 is 15.8 Å². The Kier molecular flexibility index (Phi) is 3.09. The van der Waals surface area contributed by atoms with Crippen LogP contribution in [-0.2, 0) is 21.1 Å². The number of rotatable bonds is 3. The first-order valence-corrected chi connectivity index (χ1v) is 7.48. The molecule has 19 heavy (non-hydrogen) atoms. The molecule has 1 atom stereocenters. The summed E-state index contributed by atoms with van der Waals surface area (Å²) in [7, 11) is -3.50. The Bertz CT molecular complexity index is 630. The van der Waals surface area contributed by atoms with E-state index in [1.807, 2.05) is 0 Å². The number of phenolic OH excluding ortho intramolecular Hbond substituents is 1. The van der Waals surface area contributed by atoms with Crippen molar-refractivity contribution in [2.75, 3.05) is 0 Å². The maximum atomic E-state index is 12.3. The average Bonchev–Trinajstić information content (AvgIpc) is 2.49. The van der Waals surface area contributed by atoms with E-state index in [0.29, 0.717) is 5.56 Å². The van der Waals surface area contributed by atoms with E-state index in [1.165, 1.54) is 32.0 Å². The van der Waals surface area contributed by atoms with E-state index < -0.39 is 26.5 Å². The highest BCUT2D eigenvalue weighted by Crippen LogP contribution is 2.38. The molecule has 0 fully saturated rings. The second kappa shape index (κ2) is 4.23. The third-order valence-corrected chi connectivity index (χ3v) is 5.78. The van der Waals surface area contributed by atoms with Gasteiger partial charge in [0.2, 0.25) is 0 Å². The molecule has 1 aliphatic rings. The SMILES string of the molecule is CC(C)(CC1Cc2cc(O)ccc2S1(=O)=O)C(=O)O. The van der Waals surface area contributed by atoms with Crippen LogP contribution in [0.3, 0.4) is 0 Å². The molecule has 104 valence electrons. The topological polar surface area (TPSA) is 91.7 Å². The van der Waals surface area contributed by atoms with Crippen LogP contribution in [0.4, 0.5) is 0 Å². The molecule has 0 aliphatic carbocycles.